The Kier molecular flexibility index (Phi) is 6.80. The first kappa shape index (κ1) is 20.7. The molecule has 2 aromatic carbocycles. The number of hydrogen-bond acceptors (Lipinski definition) is 6. The fourth-order valence-electron chi connectivity index (χ4n) is 2.56. The second-order valence-electron chi connectivity index (χ2n) is 5.89. The Balaban J connectivity index is 2.42. The monoisotopic (exact) mass is 388 g/mol. The van der Waals surface area contributed by atoms with Gasteiger partial charge in [0.2, 0.25) is 5.75 Å². The molecule has 0 spiro atoms. The normalized spacial score (nSPS) is 12.6. The molecule has 0 saturated heterocycles. The zero-order chi connectivity index (χ0) is 20.0. The molecular weight excluding hydrogens is 364 g/mol. The van der Waals surface area contributed by atoms with E-state index in [0.717, 1.165) is 4.90 Å². The molecule has 2 aromatic rings. The molecule has 0 saturated carbocycles. The second kappa shape index (κ2) is 8.86. The van der Waals surface area contributed by atoms with Gasteiger partial charge in [-0.2, -0.15) is 0 Å². The molecule has 0 aromatic heterocycles. The van der Waals surface area contributed by atoms with Crippen molar-refractivity contribution in [2.75, 3.05) is 27.6 Å². The third-order valence-electron chi connectivity index (χ3n) is 4.37. The number of benzene rings is 2. The molecule has 0 fully saturated rings. The van der Waals surface area contributed by atoms with Crippen LogP contribution in [0.15, 0.2) is 53.9 Å². The predicted molar refractivity (Wildman–Crippen MR) is 108 cm³/mol. The van der Waals surface area contributed by atoms with Crippen molar-refractivity contribution in [1.29, 1.82) is 0 Å². The van der Waals surface area contributed by atoms with Crippen molar-refractivity contribution >= 4 is 17.7 Å². The second-order valence-corrected chi connectivity index (χ2v) is 6.77. The summed E-state index contributed by atoms with van der Waals surface area (Å²) < 4.78 is 21.7. The van der Waals surface area contributed by atoms with Crippen LogP contribution in [0.1, 0.15) is 12.5 Å². The Morgan fingerprint density at radius 1 is 1.04 bits per heavy atom. The summed E-state index contributed by atoms with van der Waals surface area (Å²) in [5.74, 6) is 1.38. The number of rotatable bonds is 8. The van der Waals surface area contributed by atoms with E-state index in [1.54, 1.807) is 49.0 Å². The summed E-state index contributed by atoms with van der Waals surface area (Å²) >= 11 is 1.62. The van der Waals surface area contributed by atoms with Crippen LogP contribution in [-0.4, -0.2) is 33.6 Å². The molecule has 0 aliphatic carbocycles. The number of thioether (sulfide) groups is 1. The van der Waals surface area contributed by atoms with Gasteiger partial charge in [-0.05, 0) is 55.1 Å². The number of ether oxygens (including phenoxy) is 4. The van der Waals surface area contributed by atoms with E-state index in [2.05, 4.69) is 6.58 Å². The number of carbonyl (C=O) groups is 1. The zero-order valence-electron chi connectivity index (χ0n) is 16.2. The summed E-state index contributed by atoms with van der Waals surface area (Å²) in [4.78, 5) is 14.1. The lowest BCUT2D eigenvalue weighted by atomic mass is 9.82. The van der Waals surface area contributed by atoms with Gasteiger partial charge in [0.25, 0.3) is 0 Å². The average Bonchev–Trinajstić information content (AvgIpc) is 2.72. The van der Waals surface area contributed by atoms with Crippen molar-refractivity contribution in [3.8, 4) is 23.0 Å². The van der Waals surface area contributed by atoms with E-state index in [1.165, 1.54) is 21.3 Å². The van der Waals surface area contributed by atoms with Gasteiger partial charge < -0.3 is 18.9 Å². The number of carbonyl (C=O) groups excluding carboxylic acids is 1. The first-order valence-electron chi connectivity index (χ1n) is 8.23. The maximum absolute atomic E-state index is 13.0. The molecule has 27 heavy (non-hydrogen) atoms. The lowest BCUT2D eigenvalue weighted by molar-refractivity contribution is -0.138. The highest BCUT2D eigenvalue weighted by molar-refractivity contribution is 7.98. The third-order valence-corrected chi connectivity index (χ3v) is 5.11. The van der Waals surface area contributed by atoms with E-state index in [-0.39, 0.29) is 0 Å². The quantitative estimate of drug-likeness (QED) is 0.288. The summed E-state index contributed by atoms with van der Waals surface area (Å²) in [6.45, 7) is 5.57. The van der Waals surface area contributed by atoms with E-state index in [9.17, 15) is 4.79 Å². The van der Waals surface area contributed by atoms with Crippen LogP contribution in [0.4, 0.5) is 0 Å². The van der Waals surface area contributed by atoms with Gasteiger partial charge in [0.1, 0.15) is 11.2 Å². The van der Waals surface area contributed by atoms with Gasteiger partial charge in [-0.15, -0.1) is 18.3 Å². The molecule has 5 nitrogen and oxygen atoms in total. The lowest BCUT2D eigenvalue weighted by Crippen LogP contribution is -2.34. The fourth-order valence-corrected chi connectivity index (χ4v) is 2.97. The highest BCUT2D eigenvalue weighted by atomic mass is 32.2. The van der Waals surface area contributed by atoms with Crippen molar-refractivity contribution in [2.45, 2.75) is 17.2 Å². The summed E-state index contributed by atoms with van der Waals surface area (Å²) in [6.07, 6.45) is 3.53. The van der Waals surface area contributed by atoms with E-state index >= 15 is 0 Å². The van der Waals surface area contributed by atoms with Gasteiger partial charge in [-0.3, -0.25) is 4.79 Å². The summed E-state index contributed by atoms with van der Waals surface area (Å²) in [6, 6.07) is 10.8. The van der Waals surface area contributed by atoms with Gasteiger partial charge in [-0.1, -0.05) is 6.08 Å². The molecule has 0 N–H and O–H groups in total. The number of hydrogen-bond donors (Lipinski definition) is 0. The molecular formula is C21H24O5S. The van der Waals surface area contributed by atoms with E-state index in [1.807, 2.05) is 18.4 Å². The standard InChI is InChI=1S/C21H24O5S/c1-7-21(2,20(22)26-15-8-10-16(27-6)11-9-15)14-12-17(23-3)19(25-5)18(13-14)24-4/h7-13H,1H2,2-6H3. The van der Waals surface area contributed by atoms with E-state index < -0.39 is 11.4 Å². The smallest absolute Gasteiger partial charge is 0.325 e. The molecule has 0 amide bonds. The van der Waals surface area contributed by atoms with Crippen molar-refractivity contribution < 1.29 is 23.7 Å². The van der Waals surface area contributed by atoms with Crippen LogP contribution in [0.25, 0.3) is 0 Å². The maximum Gasteiger partial charge on any atom is 0.325 e. The number of methoxy groups -OCH3 is 3. The minimum atomic E-state index is -1.11. The van der Waals surface area contributed by atoms with Crippen LogP contribution in [-0.2, 0) is 10.2 Å². The van der Waals surface area contributed by atoms with Crippen molar-refractivity contribution in [3.63, 3.8) is 0 Å². The van der Waals surface area contributed by atoms with Gasteiger partial charge in [0.15, 0.2) is 11.5 Å². The molecule has 144 valence electrons. The summed E-state index contributed by atoms with van der Waals surface area (Å²) in [5, 5.41) is 0. The minimum absolute atomic E-state index is 0.455. The van der Waals surface area contributed by atoms with Crippen LogP contribution in [0.5, 0.6) is 23.0 Å². The van der Waals surface area contributed by atoms with Crippen LogP contribution >= 0.6 is 11.8 Å². The average molecular weight is 388 g/mol. The molecule has 1 atom stereocenters. The van der Waals surface area contributed by atoms with E-state index in [0.29, 0.717) is 28.6 Å². The Labute approximate surface area is 164 Å². The molecule has 0 bridgehead atoms. The van der Waals surface area contributed by atoms with Gasteiger partial charge in [0.05, 0.1) is 21.3 Å². The van der Waals surface area contributed by atoms with Crippen molar-refractivity contribution in [3.05, 3.63) is 54.6 Å². The highest BCUT2D eigenvalue weighted by Crippen LogP contribution is 2.42. The van der Waals surface area contributed by atoms with Crippen LogP contribution in [0, 0.1) is 0 Å². The van der Waals surface area contributed by atoms with Crippen molar-refractivity contribution in [2.24, 2.45) is 0 Å². The molecule has 1 unspecified atom stereocenters. The lowest BCUT2D eigenvalue weighted by Gasteiger charge is -2.26. The summed E-state index contributed by atoms with van der Waals surface area (Å²) in [5.41, 5.74) is -0.483. The topological polar surface area (TPSA) is 54.0 Å². The Morgan fingerprint density at radius 3 is 2.00 bits per heavy atom. The predicted octanol–water partition coefficient (Wildman–Crippen LogP) is 4.48. The molecule has 6 heteroatoms. The van der Waals surface area contributed by atoms with Gasteiger partial charge in [-0.25, -0.2) is 0 Å². The zero-order valence-corrected chi connectivity index (χ0v) is 17.0. The molecule has 2 rings (SSSR count). The maximum atomic E-state index is 13.0. The Morgan fingerprint density at radius 2 is 1.59 bits per heavy atom. The third kappa shape index (κ3) is 4.22. The van der Waals surface area contributed by atoms with E-state index in [4.69, 9.17) is 18.9 Å². The highest BCUT2D eigenvalue weighted by Gasteiger charge is 2.36. The fraction of sp³-hybridized carbons (Fsp3) is 0.286. The first-order chi connectivity index (χ1) is 12.9. The molecule has 0 aliphatic heterocycles. The SMILES string of the molecule is C=CC(C)(C(=O)Oc1ccc(SC)cc1)c1cc(OC)c(OC)c(OC)c1. The Hall–Kier alpha value is -2.60. The van der Waals surface area contributed by atoms with Crippen LogP contribution in [0.3, 0.4) is 0 Å². The first-order valence-corrected chi connectivity index (χ1v) is 9.46. The molecule has 0 radical (unpaired) electrons. The minimum Gasteiger partial charge on any atom is -0.493 e. The van der Waals surface area contributed by atoms with Gasteiger partial charge in [0, 0.05) is 4.90 Å². The Bertz CT molecular complexity index is 791. The number of esters is 1. The largest absolute Gasteiger partial charge is 0.493 e. The van der Waals surface area contributed by atoms with Gasteiger partial charge >= 0.3 is 5.97 Å². The molecule has 0 heterocycles. The van der Waals surface area contributed by atoms with Crippen LogP contribution in [0.2, 0.25) is 0 Å². The van der Waals surface area contributed by atoms with Crippen LogP contribution < -0.4 is 18.9 Å². The van der Waals surface area contributed by atoms with Crippen molar-refractivity contribution in [1.82, 2.24) is 0 Å². The molecule has 0 aliphatic rings. The summed E-state index contributed by atoms with van der Waals surface area (Å²) in [7, 11) is 4.58.